The standard InChI is InChI=1S/C10H14N4O2/c1-5(13-11)7-3-8(6(2)14-12)10(16)4-9(7)15/h3-4,15-16H,11-12H2,1-2H3/b13-5+,14-6+. The van der Waals surface area contributed by atoms with E-state index < -0.39 is 0 Å². The zero-order chi connectivity index (χ0) is 12.3. The number of rotatable bonds is 2. The van der Waals surface area contributed by atoms with E-state index in [1.165, 1.54) is 12.1 Å². The lowest BCUT2D eigenvalue weighted by atomic mass is 10.0. The van der Waals surface area contributed by atoms with Gasteiger partial charge in [0, 0.05) is 17.2 Å². The minimum atomic E-state index is -0.0993. The fraction of sp³-hybridized carbons (Fsp3) is 0.200. The van der Waals surface area contributed by atoms with Gasteiger partial charge >= 0.3 is 0 Å². The second-order valence-corrected chi connectivity index (χ2v) is 3.32. The summed E-state index contributed by atoms with van der Waals surface area (Å²) in [4.78, 5) is 0. The van der Waals surface area contributed by atoms with Crippen molar-refractivity contribution in [3.8, 4) is 11.5 Å². The molecule has 1 aromatic carbocycles. The van der Waals surface area contributed by atoms with E-state index in [2.05, 4.69) is 10.2 Å². The van der Waals surface area contributed by atoms with Crippen LogP contribution in [0.15, 0.2) is 22.3 Å². The molecule has 0 atom stereocenters. The van der Waals surface area contributed by atoms with Crippen molar-refractivity contribution in [1.29, 1.82) is 0 Å². The van der Waals surface area contributed by atoms with Gasteiger partial charge < -0.3 is 21.9 Å². The molecule has 0 saturated carbocycles. The summed E-state index contributed by atoms with van der Waals surface area (Å²) in [6, 6.07) is 2.73. The van der Waals surface area contributed by atoms with Gasteiger partial charge in [0.15, 0.2) is 0 Å². The Morgan fingerprint density at radius 2 is 1.31 bits per heavy atom. The van der Waals surface area contributed by atoms with E-state index in [1.54, 1.807) is 13.8 Å². The molecule has 0 aromatic heterocycles. The van der Waals surface area contributed by atoms with E-state index in [-0.39, 0.29) is 11.5 Å². The Kier molecular flexibility index (Phi) is 3.34. The van der Waals surface area contributed by atoms with Crippen LogP contribution in [0.5, 0.6) is 11.5 Å². The zero-order valence-corrected chi connectivity index (χ0v) is 9.10. The molecule has 0 fully saturated rings. The van der Waals surface area contributed by atoms with Gasteiger partial charge in [-0.3, -0.25) is 0 Å². The highest BCUT2D eigenvalue weighted by atomic mass is 16.3. The molecule has 0 saturated heterocycles. The zero-order valence-electron chi connectivity index (χ0n) is 9.10. The molecule has 0 amide bonds. The first-order valence-electron chi connectivity index (χ1n) is 4.57. The number of benzene rings is 1. The normalized spacial score (nSPS) is 12.9. The predicted molar refractivity (Wildman–Crippen MR) is 62.6 cm³/mol. The second kappa shape index (κ2) is 4.52. The van der Waals surface area contributed by atoms with Crippen molar-refractivity contribution in [2.24, 2.45) is 21.9 Å². The van der Waals surface area contributed by atoms with Crippen LogP contribution in [-0.4, -0.2) is 21.6 Å². The summed E-state index contributed by atoms with van der Waals surface area (Å²) >= 11 is 0. The van der Waals surface area contributed by atoms with Crippen LogP contribution in [0.25, 0.3) is 0 Å². The van der Waals surface area contributed by atoms with Crippen molar-refractivity contribution in [1.82, 2.24) is 0 Å². The maximum absolute atomic E-state index is 9.60. The predicted octanol–water partition coefficient (Wildman–Crippen LogP) is 0.463. The summed E-state index contributed by atoms with van der Waals surface area (Å²) in [5, 5.41) is 26.2. The Bertz CT molecular complexity index is 427. The fourth-order valence-corrected chi connectivity index (χ4v) is 1.30. The molecule has 0 unspecified atom stereocenters. The van der Waals surface area contributed by atoms with Crippen molar-refractivity contribution in [2.75, 3.05) is 0 Å². The van der Waals surface area contributed by atoms with Crippen LogP contribution in [0.1, 0.15) is 25.0 Å². The molecule has 0 heterocycles. The van der Waals surface area contributed by atoms with Gasteiger partial charge in [-0.1, -0.05) is 0 Å². The Morgan fingerprint density at radius 3 is 1.62 bits per heavy atom. The quantitative estimate of drug-likeness (QED) is 0.330. The van der Waals surface area contributed by atoms with Crippen molar-refractivity contribution in [3.05, 3.63) is 23.3 Å². The minimum absolute atomic E-state index is 0.0993. The highest BCUT2D eigenvalue weighted by Crippen LogP contribution is 2.28. The summed E-state index contributed by atoms with van der Waals surface area (Å²) in [5.74, 6) is 10.1. The Hall–Kier alpha value is -2.24. The maximum atomic E-state index is 9.60. The molecule has 0 aliphatic rings. The van der Waals surface area contributed by atoms with Crippen molar-refractivity contribution >= 4 is 11.4 Å². The highest BCUT2D eigenvalue weighted by Gasteiger charge is 2.12. The van der Waals surface area contributed by atoms with Crippen LogP contribution < -0.4 is 11.7 Å². The van der Waals surface area contributed by atoms with Gasteiger partial charge in [0.05, 0.1) is 11.4 Å². The lowest BCUT2D eigenvalue weighted by molar-refractivity contribution is 0.449. The number of hydrogen-bond donors (Lipinski definition) is 4. The van der Waals surface area contributed by atoms with Crippen molar-refractivity contribution < 1.29 is 10.2 Å². The summed E-state index contributed by atoms with van der Waals surface area (Å²) < 4.78 is 0. The molecular formula is C10H14N4O2. The van der Waals surface area contributed by atoms with E-state index in [0.717, 1.165) is 0 Å². The third-order valence-corrected chi connectivity index (χ3v) is 2.28. The first kappa shape index (κ1) is 11.8. The smallest absolute Gasteiger partial charge is 0.128 e. The number of nitrogens with zero attached hydrogens (tertiary/aromatic N) is 2. The van der Waals surface area contributed by atoms with Gasteiger partial charge in [-0.05, 0) is 19.9 Å². The SMILES string of the molecule is C/C(=N\N)c1cc(/C(C)=N/N)c(O)cc1O. The van der Waals surface area contributed by atoms with Crippen LogP contribution in [-0.2, 0) is 0 Å². The summed E-state index contributed by atoms with van der Waals surface area (Å²) in [6.45, 7) is 3.29. The molecule has 0 aliphatic heterocycles. The lowest BCUT2D eigenvalue weighted by Crippen LogP contribution is -2.04. The molecule has 0 spiro atoms. The number of phenolic OH excluding ortho intramolecular Hbond substituents is 2. The maximum Gasteiger partial charge on any atom is 0.128 e. The first-order chi connectivity index (χ1) is 7.51. The van der Waals surface area contributed by atoms with Crippen LogP contribution in [0.2, 0.25) is 0 Å². The Labute approximate surface area is 92.9 Å². The molecule has 1 aromatic rings. The third kappa shape index (κ3) is 2.05. The van der Waals surface area contributed by atoms with Crippen molar-refractivity contribution in [2.45, 2.75) is 13.8 Å². The van der Waals surface area contributed by atoms with Gasteiger partial charge in [0.2, 0.25) is 0 Å². The van der Waals surface area contributed by atoms with Crippen molar-refractivity contribution in [3.63, 3.8) is 0 Å². The lowest BCUT2D eigenvalue weighted by Gasteiger charge is -2.08. The molecule has 6 nitrogen and oxygen atoms in total. The molecule has 1 rings (SSSR count). The van der Waals surface area contributed by atoms with Gasteiger partial charge in [0.1, 0.15) is 11.5 Å². The number of nitrogens with two attached hydrogens (primary N) is 2. The molecule has 16 heavy (non-hydrogen) atoms. The summed E-state index contributed by atoms with van der Waals surface area (Å²) in [7, 11) is 0. The van der Waals surface area contributed by atoms with Crippen LogP contribution in [0.4, 0.5) is 0 Å². The van der Waals surface area contributed by atoms with E-state index >= 15 is 0 Å². The molecular weight excluding hydrogens is 208 g/mol. The number of hydrazone groups is 2. The van der Waals surface area contributed by atoms with Crippen LogP contribution >= 0.6 is 0 Å². The molecule has 0 aliphatic carbocycles. The molecule has 0 radical (unpaired) electrons. The summed E-state index contributed by atoms with van der Waals surface area (Å²) in [5.41, 5.74) is 1.75. The number of aromatic hydroxyl groups is 2. The van der Waals surface area contributed by atoms with Crippen LogP contribution in [0, 0.1) is 0 Å². The number of phenols is 2. The first-order valence-corrected chi connectivity index (χ1v) is 4.57. The summed E-state index contributed by atoms with van der Waals surface area (Å²) in [6.07, 6.45) is 0. The van der Waals surface area contributed by atoms with E-state index in [4.69, 9.17) is 11.7 Å². The Morgan fingerprint density at radius 1 is 0.938 bits per heavy atom. The minimum Gasteiger partial charge on any atom is -0.507 e. The fourth-order valence-electron chi connectivity index (χ4n) is 1.30. The largest absolute Gasteiger partial charge is 0.507 e. The highest BCUT2D eigenvalue weighted by molar-refractivity contribution is 6.06. The average molecular weight is 222 g/mol. The third-order valence-electron chi connectivity index (χ3n) is 2.28. The van der Waals surface area contributed by atoms with Crippen LogP contribution in [0.3, 0.4) is 0 Å². The molecule has 6 heteroatoms. The van der Waals surface area contributed by atoms with E-state index in [9.17, 15) is 10.2 Å². The molecule has 0 bridgehead atoms. The molecule has 6 N–H and O–H groups in total. The monoisotopic (exact) mass is 222 g/mol. The van der Waals surface area contributed by atoms with Gasteiger partial charge in [-0.2, -0.15) is 10.2 Å². The van der Waals surface area contributed by atoms with Gasteiger partial charge in [-0.15, -0.1) is 0 Å². The van der Waals surface area contributed by atoms with Gasteiger partial charge in [-0.25, -0.2) is 0 Å². The number of hydrogen-bond acceptors (Lipinski definition) is 6. The van der Waals surface area contributed by atoms with E-state index in [1.807, 2.05) is 0 Å². The topological polar surface area (TPSA) is 117 Å². The van der Waals surface area contributed by atoms with E-state index in [0.29, 0.717) is 22.6 Å². The Balaban J connectivity index is 3.44. The molecule has 86 valence electrons. The van der Waals surface area contributed by atoms with Gasteiger partial charge in [0.25, 0.3) is 0 Å². The second-order valence-electron chi connectivity index (χ2n) is 3.32. The average Bonchev–Trinajstić information content (AvgIpc) is 2.27.